The highest BCUT2D eigenvalue weighted by atomic mass is 16.5. The summed E-state index contributed by atoms with van der Waals surface area (Å²) in [7, 11) is 0. The molecule has 0 aliphatic carbocycles. The topological polar surface area (TPSA) is 35.5 Å². The van der Waals surface area contributed by atoms with E-state index in [1.54, 1.807) is 24.3 Å². The minimum absolute atomic E-state index is 0.0386. The van der Waals surface area contributed by atoms with Crippen molar-refractivity contribution in [3.05, 3.63) is 119 Å². The number of para-hydroxylation sites is 2. The molecule has 3 nitrogen and oxygen atoms in total. The van der Waals surface area contributed by atoms with E-state index in [2.05, 4.69) is 39.8 Å². The molecule has 0 fully saturated rings. The Balaban J connectivity index is 1.45. The number of ketones is 1. The van der Waals surface area contributed by atoms with Crippen molar-refractivity contribution >= 4 is 5.78 Å². The third-order valence-electron chi connectivity index (χ3n) is 5.77. The van der Waals surface area contributed by atoms with Crippen molar-refractivity contribution in [1.82, 2.24) is 0 Å². The lowest BCUT2D eigenvalue weighted by molar-refractivity contribution is 0.103. The van der Waals surface area contributed by atoms with E-state index in [1.807, 2.05) is 60.7 Å². The van der Waals surface area contributed by atoms with Gasteiger partial charge >= 0.3 is 0 Å². The van der Waals surface area contributed by atoms with Crippen LogP contribution in [0.5, 0.6) is 23.0 Å². The third-order valence-corrected chi connectivity index (χ3v) is 5.77. The Morgan fingerprint density at radius 3 is 1.24 bits per heavy atom. The molecule has 0 spiro atoms. The monoisotopic (exact) mass is 450 g/mol. The van der Waals surface area contributed by atoms with Crippen LogP contribution >= 0.6 is 0 Å². The highest BCUT2D eigenvalue weighted by molar-refractivity contribution is 6.09. The standard InChI is InChI=1S/C31H30O3/c1-21(2)27-9-5-7-11-29(27)33-25-17-13-23(14-18-25)31(32)24-15-19-26(20-16-24)34-30-12-8-6-10-28(30)22(3)4/h5-22H,1-4H3. The number of hydrogen-bond donors (Lipinski definition) is 0. The first kappa shape index (κ1) is 23.3. The summed E-state index contributed by atoms with van der Waals surface area (Å²) in [6.45, 7) is 8.57. The van der Waals surface area contributed by atoms with Gasteiger partial charge in [0.2, 0.25) is 0 Å². The number of carbonyl (C=O) groups is 1. The van der Waals surface area contributed by atoms with Crippen molar-refractivity contribution in [2.24, 2.45) is 0 Å². The van der Waals surface area contributed by atoms with E-state index in [0.29, 0.717) is 34.5 Å². The third kappa shape index (κ3) is 5.37. The molecule has 4 aromatic rings. The Morgan fingerprint density at radius 2 is 0.882 bits per heavy atom. The van der Waals surface area contributed by atoms with Crippen LogP contribution in [0.4, 0.5) is 0 Å². The van der Waals surface area contributed by atoms with Crippen molar-refractivity contribution < 1.29 is 14.3 Å². The number of carbonyl (C=O) groups excluding carboxylic acids is 1. The smallest absolute Gasteiger partial charge is 0.193 e. The molecule has 0 unspecified atom stereocenters. The van der Waals surface area contributed by atoms with Crippen LogP contribution in [-0.2, 0) is 0 Å². The Hall–Kier alpha value is -3.85. The fourth-order valence-corrected chi connectivity index (χ4v) is 3.87. The second-order valence-corrected chi connectivity index (χ2v) is 8.97. The average Bonchev–Trinajstić information content (AvgIpc) is 2.85. The predicted octanol–water partition coefficient (Wildman–Crippen LogP) is 8.75. The molecular weight excluding hydrogens is 420 g/mol. The van der Waals surface area contributed by atoms with Crippen LogP contribution in [0.1, 0.15) is 66.6 Å². The zero-order valence-electron chi connectivity index (χ0n) is 20.1. The summed E-state index contributed by atoms with van der Waals surface area (Å²) in [4.78, 5) is 13.0. The Kier molecular flexibility index (Phi) is 7.12. The minimum atomic E-state index is -0.0386. The Labute approximate surface area is 202 Å². The van der Waals surface area contributed by atoms with Crippen LogP contribution in [0.3, 0.4) is 0 Å². The van der Waals surface area contributed by atoms with Crippen molar-refractivity contribution in [3.8, 4) is 23.0 Å². The van der Waals surface area contributed by atoms with Gasteiger partial charge < -0.3 is 9.47 Å². The van der Waals surface area contributed by atoms with Gasteiger partial charge in [-0.15, -0.1) is 0 Å². The summed E-state index contributed by atoms with van der Waals surface area (Å²) in [6, 6.07) is 30.6. The summed E-state index contributed by atoms with van der Waals surface area (Å²) in [5.74, 6) is 3.78. The summed E-state index contributed by atoms with van der Waals surface area (Å²) >= 11 is 0. The lowest BCUT2D eigenvalue weighted by atomic mass is 10.0. The lowest BCUT2D eigenvalue weighted by Gasteiger charge is -2.14. The van der Waals surface area contributed by atoms with Crippen LogP contribution in [0, 0.1) is 0 Å². The van der Waals surface area contributed by atoms with Crippen molar-refractivity contribution in [3.63, 3.8) is 0 Å². The second-order valence-electron chi connectivity index (χ2n) is 8.97. The molecule has 0 bridgehead atoms. The fraction of sp³-hybridized carbons (Fsp3) is 0.194. The van der Waals surface area contributed by atoms with Crippen LogP contribution in [0.2, 0.25) is 0 Å². The van der Waals surface area contributed by atoms with Gasteiger partial charge in [-0.05, 0) is 83.6 Å². The van der Waals surface area contributed by atoms with Crippen LogP contribution < -0.4 is 9.47 Å². The molecule has 0 N–H and O–H groups in total. The Bertz CT molecular complexity index is 1150. The first-order valence-corrected chi connectivity index (χ1v) is 11.7. The quantitative estimate of drug-likeness (QED) is 0.252. The maximum Gasteiger partial charge on any atom is 0.193 e. The maximum absolute atomic E-state index is 13.0. The number of benzene rings is 4. The molecule has 0 saturated heterocycles. The summed E-state index contributed by atoms with van der Waals surface area (Å²) in [5, 5.41) is 0. The van der Waals surface area contributed by atoms with Gasteiger partial charge in [0.05, 0.1) is 0 Å². The fourth-order valence-electron chi connectivity index (χ4n) is 3.87. The van der Waals surface area contributed by atoms with Crippen LogP contribution in [-0.4, -0.2) is 5.78 Å². The van der Waals surface area contributed by atoms with Gasteiger partial charge in [0.15, 0.2) is 5.78 Å². The van der Waals surface area contributed by atoms with E-state index in [0.717, 1.165) is 22.6 Å². The van der Waals surface area contributed by atoms with E-state index in [4.69, 9.17) is 9.47 Å². The molecule has 4 rings (SSSR count). The number of rotatable bonds is 8. The van der Waals surface area contributed by atoms with E-state index >= 15 is 0 Å². The average molecular weight is 451 g/mol. The molecule has 0 aliphatic heterocycles. The molecule has 34 heavy (non-hydrogen) atoms. The molecule has 172 valence electrons. The number of ether oxygens (including phenoxy) is 2. The molecular formula is C31H30O3. The molecule has 0 aliphatic rings. The van der Waals surface area contributed by atoms with Crippen LogP contribution in [0.15, 0.2) is 97.1 Å². The maximum atomic E-state index is 13.0. The van der Waals surface area contributed by atoms with Gasteiger partial charge in [-0.1, -0.05) is 64.1 Å². The zero-order chi connectivity index (χ0) is 24.1. The van der Waals surface area contributed by atoms with Gasteiger partial charge in [0.1, 0.15) is 23.0 Å². The van der Waals surface area contributed by atoms with Crippen molar-refractivity contribution in [2.75, 3.05) is 0 Å². The van der Waals surface area contributed by atoms with Gasteiger partial charge in [-0.3, -0.25) is 4.79 Å². The van der Waals surface area contributed by atoms with Crippen molar-refractivity contribution in [1.29, 1.82) is 0 Å². The molecule has 0 amide bonds. The zero-order valence-corrected chi connectivity index (χ0v) is 20.1. The molecule has 0 radical (unpaired) electrons. The predicted molar refractivity (Wildman–Crippen MR) is 138 cm³/mol. The van der Waals surface area contributed by atoms with E-state index in [1.165, 1.54) is 0 Å². The highest BCUT2D eigenvalue weighted by Crippen LogP contribution is 2.32. The highest BCUT2D eigenvalue weighted by Gasteiger charge is 2.12. The SMILES string of the molecule is CC(C)c1ccccc1Oc1ccc(C(=O)c2ccc(Oc3ccccc3C(C)C)cc2)cc1. The summed E-state index contributed by atoms with van der Waals surface area (Å²) in [6.07, 6.45) is 0. The largest absolute Gasteiger partial charge is 0.457 e. The second kappa shape index (κ2) is 10.4. The van der Waals surface area contributed by atoms with E-state index in [-0.39, 0.29) is 5.78 Å². The van der Waals surface area contributed by atoms with E-state index in [9.17, 15) is 4.79 Å². The number of hydrogen-bond acceptors (Lipinski definition) is 3. The Morgan fingerprint density at radius 1 is 0.529 bits per heavy atom. The van der Waals surface area contributed by atoms with Gasteiger partial charge in [0, 0.05) is 11.1 Å². The summed E-state index contributed by atoms with van der Waals surface area (Å²) in [5.41, 5.74) is 3.54. The normalized spacial score (nSPS) is 11.0. The molecule has 4 aromatic carbocycles. The molecule has 0 aromatic heterocycles. The molecule has 0 atom stereocenters. The lowest BCUT2D eigenvalue weighted by Crippen LogP contribution is -2.01. The summed E-state index contributed by atoms with van der Waals surface area (Å²) < 4.78 is 12.2. The van der Waals surface area contributed by atoms with Crippen LogP contribution in [0.25, 0.3) is 0 Å². The molecule has 0 saturated carbocycles. The molecule has 3 heteroatoms. The van der Waals surface area contributed by atoms with Gasteiger partial charge in [0.25, 0.3) is 0 Å². The van der Waals surface area contributed by atoms with Crippen molar-refractivity contribution in [2.45, 2.75) is 39.5 Å². The van der Waals surface area contributed by atoms with Gasteiger partial charge in [-0.25, -0.2) is 0 Å². The first-order valence-electron chi connectivity index (χ1n) is 11.7. The van der Waals surface area contributed by atoms with Gasteiger partial charge in [-0.2, -0.15) is 0 Å². The minimum Gasteiger partial charge on any atom is -0.457 e. The molecule has 0 heterocycles. The first-order chi connectivity index (χ1) is 16.4. The van der Waals surface area contributed by atoms with E-state index < -0.39 is 0 Å².